The van der Waals surface area contributed by atoms with E-state index in [9.17, 15) is 19.6 Å². The number of hydrogen-bond acceptors (Lipinski definition) is 6. The van der Waals surface area contributed by atoms with Crippen molar-refractivity contribution in [2.24, 2.45) is 0 Å². The third-order valence-corrected chi connectivity index (χ3v) is 6.66. The number of carbonyl (C=O) groups is 1. The quantitative estimate of drug-likeness (QED) is 0.261. The zero-order chi connectivity index (χ0) is 22.0. The molecule has 2 rings (SSSR count). The highest BCUT2D eigenvalue weighted by Crippen LogP contribution is 2.62. The molecule has 30 heavy (non-hydrogen) atoms. The summed E-state index contributed by atoms with van der Waals surface area (Å²) in [5.74, 6) is -2.28. The number of aromatic carboxylic acids is 1. The zero-order valence-corrected chi connectivity index (χ0v) is 18.3. The number of benzene rings is 2. The first-order valence-corrected chi connectivity index (χ1v) is 11.8. The van der Waals surface area contributed by atoms with Crippen LogP contribution in [0, 0.1) is 0 Å². The van der Waals surface area contributed by atoms with Crippen LogP contribution in [0.3, 0.4) is 0 Å². The molecule has 0 amide bonds. The molecule has 0 heterocycles. The van der Waals surface area contributed by atoms with Crippen LogP contribution < -0.4 is 5.32 Å². The SMILES string of the molecule is CCCCOP(=O)(OCCCC)[C@@H](Nc1ccccc1C(=O)O)c1ccccc1O. The molecule has 0 aliphatic heterocycles. The van der Waals surface area contributed by atoms with Gasteiger partial charge < -0.3 is 24.6 Å². The molecule has 0 bridgehead atoms. The van der Waals surface area contributed by atoms with Crippen molar-refractivity contribution in [3.63, 3.8) is 0 Å². The van der Waals surface area contributed by atoms with Gasteiger partial charge in [-0.15, -0.1) is 0 Å². The first-order valence-electron chi connectivity index (χ1n) is 10.2. The van der Waals surface area contributed by atoms with Gasteiger partial charge in [0.1, 0.15) is 5.75 Å². The molecule has 8 heteroatoms. The molecule has 0 aromatic heterocycles. The topological polar surface area (TPSA) is 105 Å². The van der Waals surface area contributed by atoms with Gasteiger partial charge in [-0.3, -0.25) is 4.57 Å². The Morgan fingerprint density at radius 3 is 2.13 bits per heavy atom. The second kappa shape index (κ2) is 11.7. The van der Waals surface area contributed by atoms with Crippen molar-refractivity contribution in [2.45, 2.75) is 45.3 Å². The van der Waals surface area contributed by atoms with Crippen LogP contribution in [-0.4, -0.2) is 29.4 Å². The number of unbranched alkanes of at least 4 members (excludes halogenated alkanes) is 2. The van der Waals surface area contributed by atoms with E-state index in [0.29, 0.717) is 18.4 Å². The number of para-hydroxylation sites is 2. The molecule has 0 aliphatic rings. The summed E-state index contributed by atoms with van der Waals surface area (Å²) >= 11 is 0. The van der Waals surface area contributed by atoms with Gasteiger partial charge >= 0.3 is 13.6 Å². The summed E-state index contributed by atoms with van der Waals surface area (Å²) < 4.78 is 25.5. The monoisotopic (exact) mass is 435 g/mol. The summed E-state index contributed by atoms with van der Waals surface area (Å²) in [4.78, 5) is 11.7. The van der Waals surface area contributed by atoms with Gasteiger partial charge in [0.05, 0.1) is 18.8 Å². The van der Waals surface area contributed by atoms with Gasteiger partial charge in [0, 0.05) is 11.3 Å². The number of phenolic OH excluding ortho intramolecular Hbond substituents is 1. The van der Waals surface area contributed by atoms with E-state index in [1.54, 1.807) is 36.4 Å². The van der Waals surface area contributed by atoms with Crippen LogP contribution in [0.25, 0.3) is 0 Å². The molecule has 2 aromatic carbocycles. The van der Waals surface area contributed by atoms with Crippen LogP contribution in [0.5, 0.6) is 5.75 Å². The highest BCUT2D eigenvalue weighted by Gasteiger charge is 2.39. The maximum absolute atomic E-state index is 13.9. The first-order chi connectivity index (χ1) is 14.4. The van der Waals surface area contributed by atoms with E-state index in [1.165, 1.54) is 12.1 Å². The summed E-state index contributed by atoms with van der Waals surface area (Å²) in [6.45, 7) is 4.45. The Bertz CT molecular complexity index is 858. The van der Waals surface area contributed by atoms with E-state index in [0.717, 1.165) is 12.8 Å². The lowest BCUT2D eigenvalue weighted by molar-refractivity contribution is 0.0697. The van der Waals surface area contributed by atoms with Crippen LogP contribution in [0.15, 0.2) is 48.5 Å². The lowest BCUT2D eigenvalue weighted by Crippen LogP contribution is -2.18. The number of aromatic hydroxyl groups is 1. The standard InChI is InChI=1S/C22H30NO6P/c1-3-5-15-28-30(27,29-16-6-4-2)21(18-12-8-10-14-20(18)24)23-19-13-9-7-11-17(19)22(25)26/h7-14,21,23-24H,3-6,15-16H2,1-2H3,(H,25,26)/t21-/m1/s1. The first kappa shape index (κ1) is 23.9. The van der Waals surface area contributed by atoms with Crippen molar-refractivity contribution < 1.29 is 28.6 Å². The van der Waals surface area contributed by atoms with Crippen LogP contribution in [0.2, 0.25) is 0 Å². The molecule has 0 unspecified atom stereocenters. The number of carboxylic acid groups (broad SMARTS) is 1. The fourth-order valence-electron chi connectivity index (χ4n) is 2.85. The van der Waals surface area contributed by atoms with E-state index in [-0.39, 0.29) is 30.2 Å². The molecule has 0 fully saturated rings. The van der Waals surface area contributed by atoms with Gasteiger partial charge in [-0.05, 0) is 31.0 Å². The van der Waals surface area contributed by atoms with Crippen LogP contribution >= 0.6 is 7.60 Å². The predicted octanol–water partition coefficient (Wildman–Crippen LogP) is 6.03. The Balaban J connectivity index is 2.51. The average molecular weight is 435 g/mol. The Hall–Kier alpha value is -2.34. The molecule has 0 aliphatic carbocycles. The molecule has 2 aromatic rings. The molecule has 7 nitrogen and oxygen atoms in total. The second-order valence-corrected chi connectivity index (χ2v) is 8.98. The zero-order valence-electron chi connectivity index (χ0n) is 17.4. The molecule has 0 spiro atoms. The minimum absolute atomic E-state index is 0.0200. The van der Waals surface area contributed by atoms with Gasteiger partial charge in [-0.2, -0.15) is 0 Å². The summed E-state index contributed by atoms with van der Waals surface area (Å²) in [5, 5.41) is 23.0. The molecule has 1 atom stereocenters. The fraction of sp³-hybridized carbons (Fsp3) is 0.409. The van der Waals surface area contributed by atoms with E-state index < -0.39 is 19.3 Å². The van der Waals surface area contributed by atoms with Gasteiger partial charge in [0.15, 0.2) is 5.78 Å². The number of nitrogens with one attached hydrogen (secondary N) is 1. The molecule has 0 saturated carbocycles. The van der Waals surface area contributed by atoms with E-state index in [1.807, 2.05) is 13.8 Å². The van der Waals surface area contributed by atoms with Crippen molar-refractivity contribution >= 4 is 19.3 Å². The Kier molecular flexibility index (Phi) is 9.37. The van der Waals surface area contributed by atoms with Gasteiger partial charge in [0.25, 0.3) is 0 Å². The Morgan fingerprint density at radius 1 is 1.00 bits per heavy atom. The molecule has 0 radical (unpaired) electrons. The van der Waals surface area contributed by atoms with Crippen molar-refractivity contribution in [3.8, 4) is 5.75 Å². The molecular formula is C22H30NO6P. The number of carboxylic acids is 1. The van der Waals surface area contributed by atoms with Crippen LogP contribution in [-0.2, 0) is 13.6 Å². The maximum atomic E-state index is 13.9. The largest absolute Gasteiger partial charge is 0.508 e. The summed E-state index contributed by atoms with van der Waals surface area (Å²) in [5.41, 5.74) is 0.595. The third-order valence-electron chi connectivity index (χ3n) is 4.54. The van der Waals surface area contributed by atoms with E-state index in [4.69, 9.17) is 9.05 Å². The van der Waals surface area contributed by atoms with E-state index in [2.05, 4.69) is 5.32 Å². The minimum Gasteiger partial charge on any atom is -0.508 e. The Morgan fingerprint density at radius 2 is 1.57 bits per heavy atom. The second-order valence-electron chi connectivity index (χ2n) is 6.87. The summed E-state index contributed by atoms with van der Waals surface area (Å²) in [7, 11) is -3.82. The number of phenols is 1. The third kappa shape index (κ3) is 6.33. The predicted molar refractivity (Wildman–Crippen MR) is 117 cm³/mol. The van der Waals surface area contributed by atoms with Crippen LogP contribution in [0.4, 0.5) is 5.69 Å². The molecular weight excluding hydrogens is 405 g/mol. The summed E-state index contributed by atoms with van der Waals surface area (Å²) in [6.07, 6.45) is 3.09. The average Bonchev–Trinajstić information content (AvgIpc) is 2.73. The molecule has 164 valence electrons. The fourth-order valence-corrected chi connectivity index (χ4v) is 4.84. The molecule has 0 saturated heterocycles. The van der Waals surface area contributed by atoms with Crippen molar-refractivity contribution in [1.29, 1.82) is 0 Å². The summed E-state index contributed by atoms with van der Waals surface area (Å²) in [6, 6.07) is 12.8. The normalized spacial score (nSPS) is 12.5. The minimum atomic E-state index is -3.82. The molecule has 3 N–H and O–H groups in total. The van der Waals surface area contributed by atoms with Gasteiger partial charge in [0.2, 0.25) is 0 Å². The number of rotatable bonds is 13. The van der Waals surface area contributed by atoms with Gasteiger partial charge in [-0.1, -0.05) is 57.0 Å². The van der Waals surface area contributed by atoms with Crippen molar-refractivity contribution in [1.82, 2.24) is 0 Å². The smallest absolute Gasteiger partial charge is 0.357 e. The van der Waals surface area contributed by atoms with Crippen molar-refractivity contribution in [3.05, 3.63) is 59.7 Å². The highest BCUT2D eigenvalue weighted by atomic mass is 31.2. The highest BCUT2D eigenvalue weighted by molar-refractivity contribution is 7.54. The maximum Gasteiger partial charge on any atom is 0.357 e. The van der Waals surface area contributed by atoms with Gasteiger partial charge in [-0.25, -0.2) is 4.79 Å². The number of hydrogen-bond donors (Lipinski definition) is 3. The van der Waals surface area contributed by atoms with Crippen molar-refractivity contribution in [2.75, 3.05) is 18.5 Å². The van der Waals surface area contributed by atoms with Crippen LogP contribution in [0.1, 0.15) is 61.2 Å². The van der Waals surface area contributed by atoms with E-state index >= 15 is 0 Å². The lowest BCUT2D eigenvalue weighted by atomic mass is 10.1. The number of anilines is 1. The lowest BCUT2D eigenvalue weighted by Gasteiger charge is -2.29. The Labute approximate surface area is 177 Å².